The zero-order chi connectivity index (χ0) is 16.2. The van der Waals surface area contributed by atoms with Crippen molar-refractivity contribution in [1.82, 2.24) is 9.88 Å². The van der Waals surface area contributed by atoms with Gasteiger partial charge in [0.1, 0.15) is 5.54 Å². The van der Waals surface area contributed by atoms with Crippen molar-refractivity contribution in [3.05, 3.63) is 34.2 Å². The molecule has 120 valence electrons. The van der Waals surface area contributed by atoms with Gasteiger partial charge in [-0.25, -0.2) is 4.79 Å². The van der Waals surface area contributed by atoms with Crippen molar-refractivity contribution in [2.75, 3.05) is 13.2 Å². The smallest absolute Gasteiger partial charge is 0.332 e. The number of aromatic nitrogens is 1. The number of nitrogens with one attached hydrogen (secondary N) is 1. The highest BCUT2D eigenvalue weighted by Crippen LogP contribution is 2.36. The number of hydrogen-bond donors (Lipinski definition) is 1. The predicted octanol–water partition coefficient (Wildman–Crippen LogP) is 1.71. The quantitative estimate of drug-likeness (QED) is 0.840. The van der Waals surface area contributed by atoms with Gasteiger partial charge >= 0.3 is 5.97 Å². The first-order valence-corrected chi connectivity index (χ1v) is 7.73. The van der Waals surface area contributed by atoms with Gasteiger partial charge in [0, 0.05) is 18.8 Å². The number of pyridine rings is 1. The molecule has 1 atom stereocenters. The highest BCUT2D eigenvalue weighted by molar-refractivity contribution is 5.98. The maximum atomic E-state index is 12.8. The molecule has 0 spiro atoms. The van der Waals surface area contributed by atoms with E-state index in [-0.39, 0.29) is 17.4 Å². The average Bonchev–Trinajstić information content (AvgIpc) is 2.93. The molecule has 1 aromatic rings. The third-order valence-electron chi connectivity index (χ3n) is 4.08. The van der Waals surface area contributed by atoms with E-state index in [2.05, 4.69) is 4.98 Å². The number of carbonyl (C=O) groups is 2. The minimum Gasteiger partial charge on any atom is -0.464 e. The van der Waals surface area contributed by atoms with Crippen molar-refractivity contribution in [3.8, 4) is 0 Å². The highest BCUT2D eigenvalue weighted by atomic mass is 16.5. The van der Waals surface area contributed by atoms with Crippen molar-refractivity contribution in [1.29, 1.82) is 0 Å². The van der Waals surface area contributed by atoms with Crippen LogP contribution < -0.4 is 5.56 Å². The summed E-state index contributed by atoms with van der Waals surface area (Å²) in [5.41, 5.74) is -0.757. The molecular formula is C16H22N2O4. The zero-order valence-electron chi connectivity index (χ0n) is 13.1. The summed E-state index contributed by atoms with van der Waals surface area (Å²) in [5.74, 6) is -0.567. The molecule has 0 bridgehead atoms. The van der Waals surface area contributed by atoms with Gasteiger partial charge < -0.3 is 14.6 Å². The minimum absolute atomic E-state index is 0.241. The predicted molar refractivity (Wildman–Crippen MR) is 81.6 cm³/mol. The molecule has 1 saturated heterocycles. The van der Waals surface area contributed by atoms with E-state index in [9.17, 15) is 14.4 Å². The number of aromatic amines is 1. The van der Waals surface area contributed by atoms with Crippen LogP contribution in [0.2, 0.25) is 0 Å². The lowest BCUT2D eigenvalue weighted by Crippen LogP contribution is -2.53. The average molecular weight is 306 g/mol. The lowest BCUT2D eigenvalue weighted by Gasteiger charge is -2.36. The fourth-order valence-electron chi connectivity index (χ4n) is 3.13. The summed E-state index contributed by atoms with van der Waals surface area (Å²) in [4.78, 5) is 40.5. The molecule has 2 heterocycles. The standard InChI is InChI=1S/C16H22N2O4/c1-3-8-16(15(21)22-4-2)9-5-10-18(16)14(20)12-6-7-13(19)17-11-12/h6-7,11H,3-5,8-10H2,1-2H3,(H,17,19)/t16-/m1/s1. The number of amides is 1. The number of rotatable bonds is 5. The molecule has 1 aliphatic heterocycles. The van der Waals surface area contributed by atoms with E-state index in [0.717, 1.165) is 12.8 Å². The molecule has 22 heavy (non-hydrogen) atoms. The number of ether oxygens (including phenoxy) is 1. The summed E-state index contributed by atoms with van der Waals surface area (Å²) in [7, 11) is 0. The van der Waals surface area contributed by atoms with Gasteiger partial charge in [-0.1, -0.05) is 13.3 Å². The third kappa shape index (κ3) is 2.91. The van der Waals surface area contributed by atoms with Crippen LogP contribution in [0.15, 0.2) is 23.1 Å². The van der Waals surface area contributed by atoms with Crippen LogP contribution in [0.5, 0.6) is 0 Å². The van der Waals surface area contributed by atoms with Crippen LogP contribution in [0, 0.1) is 0 Å². The first-order chi connectivity index (χ1) is 10.5. The number of carbonyl (C=O) groups excluding carboxylic acids is 2. The molecule has 1 aliphatic rings. The molecule has 0 saturated carbocycles. The first-order valence-electron chi connectivity index (χ1n) is 7.73. The van der Waals surface area contributed by atoms with E-state index in [1.54, 1.807) is 11.8 Å². The van der Waals surface area contributed by atoms with Crippen LogP contribution in [-0.4, -0.2) is 40.5 Å². The van der Waals surface area contributed by atoms with Gasteiger partial charge in [-0.3, -0.25) is 9.59 Å². The van der Waals surface area contributed by atoms with Gasteiger partial charge in [-0.05, 0) is 32.3 Å². The van der Waals surface area contributed by atoms with E-state index >= 15 is 0 Å². The maximum absolute atomic E-state index is 12.8. The summed E-state index contributed by atoms with van der Waals surface area (Å²) in [6, 6.07) is 2.80. The Morgan fingerprint density at radius 2 is 2.14 bits per heavy atom. The monoisotopic (exact) mass is 306 g/mol. The lowest BCUT2D eigenvalue weighted by molar-refractivity contribution is -0.155. The summed E-state index contributed by atoms with van der Waals surface area (Å²) < 4.78 is 5.23. The SMILES string of the molecule is CCC[C@]1(C(=O)OCC)CCCN1C(=O)c1ccc(=O)[nH]c1. The Kier molecular flexibility index (Phi) is 5.00. The van der Waals surface area contributed by atoms with Gasteiger partial charge in [0.15, 0.2) is 0 Å². The largest absolute Gasteiger partial charge is 0.464 e. The molecular weight excluding hydrogens is 284 g/mol. The molecule has 1 fully saturated rings. The summed E-state index contributed by atoms with van der Waals surface area (Å²) in [6.07, 6.45) is 4.16. The van der Waals surface area contributed by atoms with Gasteiger partial charge in [-0.15, -0.1) is 0 Å². The zero-order valence-corrected chi connectivity index (χ0v) is 13.1. The Labute approximate surface area is 129 Å². The topological polar surface area (TPSA) is 79.5 Å². The Bertz CT molecular complexity index is 590. The van der Waals surface area contributed by atoms with E-state index in [4.69, 9.17) is 4.74 Å². The van der Waals surface area contributed by atoms with Crippen LogP contribution in [0.25, 0.3) is 0 Å². The summed E-state index contributed by atoms with van der Waals surface area (Å²) in [6.45, 7) is 4.57. The van der Waals surface area contributed by atoms with Crippen molar-refractivity contribution >= 4 is 11.9 Å². The van der Waals surface area contributed by atoms with Crippen LogP contribution in [0.4, 0.5) is 0 Å². The van der Waals surface area contributed by atoms with Crippen molar-refractivity contribution in [2.24, 2.45) is 0 Å². The fourth-order valence-corrected chi connectivity index (χ4v) is 3.13. The van der Waals surface area contributed by atoms with Crippen molar-refractivity contribution in [3.63, 3.8) is 0 Å². The number of likely N-dealkylation sites (tertiary alicyclic amines) is 1. The highest BCUT2D eigenvalue weighted by Gasteiger charge is 2.50. The van der Waals surface area contributed by atoms with Crippen LogP contribution in [-0.2, 0) is 9.53 Å². The molecule has 6 nitrogen and oxygen atoms in total. The summed E-state index contributed by atoms with van der Waals surface area (Å²) in [5, 5.41) is 0. The van der Waals surface area contributed by atoms with E-state index < -0.39 is 5.54 Å². The number of hydrogen-bond acceptors (Lipinski definition) is 4. The Hall–Kier alpha value is -2.11. The normalized spacial score (nSPS) is 20.9. The maximum Gasteiger partial charge on any atom is 0.332 e. The molecule has 0 aliphatic carbocycles. The fraction of sp³-hybridized carbons (Fsp3) is 0.562. The van der Waals surface area contributed by atoms with Gasteiger partial charge in [-0.2, -0.15) is 0 Å². The minimum atomic E-state index is -0.877. The molecule has 0 aromatic carbocycles. The Morgan fingerprint density at radius 1 is 1.36 bits per heavy atom. The third-order valence-corrected chi connectivity index (χ3v) is 4.08. The second kappa shape index (κ2) is 6.77. The van der Waals surface area contributed by atoms with Crippen molar-refractivity contribution in [2.45, 2.75) is 45.1 Å². The van der Waals surface area contributed by atoms with E-state index in [1.807, 2.05) is 6.92 Å². The second-order valence-electron chi connectivity index (χ2n) is 5.50. The van der Waals surface area contributed by atoms with Crippen LogP contribution in [0.1, 0.15) is 49.9 Å². The van der Waals surface area contributed by atoms with Gasteiger partial charge in [0.25, 0.3) is 5.91 Å². The number of esters is 1. The molecule has 1 amide bonds. The van der Waals surface area contributed by atoms with E-state index in [1.165, 1.54) is 18.3 Å². The Balaban J connectivity index is 2.33. The Morgan fingerprint density at radius 3 is 2.73 bits per heavy atom. The van der Waals surface area contributed by atoms with Gasteiger partial charge in [0.2, 0.25) is 5.56 Å². The summed E-state index contributed by atoms with van der Waals surface area (Å²) >= 11 is 0. The van der Waals surface area contributed by atoms with Crippen molar-refractivity contribution < 1.29 is 14.3 Å². The van der Waals surface area contributed by atoms with E-state index in [0.29, 0.717) is 31.6 Å². The number of H-pyrrole nitrogens is 1. The molecule has 0 radical (unpaired) electrons. The molecule has 6 heteroatoms. The lowest BCUT2D eigenvalue weighted by atomic mass is 9.90. The van der Waals surface area contributed by atoms with Crippen LogP contribution >= 0.6 is 0 Å². The molecule has 1 aromatic heterocycles. The molecule has 0 unspecified atom stereocenters. The second-order valence-corrected chi connectivity index (χ2v) is 5.50. The first kappa shape index (κ1) is 16.3. The molecule has 1 N–H and O–H groups in total. The number of nitrogens with zero attached hydrogens (tertiary/aromatic N) is 1. The molecule has 2 rings (SSSR count). The van der Waals surface area contributed by atoms with Crippen LogP contribution in [0.3, 0.4) is 0 Å². The van der Waals surface area contributed by atoms with Gasteiger partial charge in [0.05, 0.1) is 12.2 Å².